The van der Waals surface area contributed by atoms with E-state index in [0.29, 0.717) is 12.6 Å². The molecular weight excluding hydrogens is 258 g/mol. The van der Waals surface area contributed by atoms with E-state index in [1.54, 1.807) is 0 Å². The van der Waals surface area contributed by atoms with Gasteiger partial charge in [-0.15, -0.1) is 0 Å². The molecule has 0 N–H and O–H groups in total. The van der Waals surface area contributed by atoms with E-state index < -0.39 is 11.5 Å². The van der Waals surface area contributed by atoms with Crippen molar-refractivity contribution in [2.75, 3.05) is 13.7 Å². The molecule has 2 bridgehead atoms. The van der Waals surface area contributed by atoms with Crippen LogP contribution in [0.1, 0.15) is 25.7 Å². The summed E-state index contributed by atoms with van der Waals surface area (Å²) in [6.07, 6.45) is 8.15. The first-order valence-electron chi connectivity index (χ1n) is 7.42. The molecular formula is C15H19NO4. The fourth-order valence-electron chi connectivity index (χ4n) is 4.46. The number of ether oxygens (including phenoxy) is 2. The predicted octanol–water partition coefficient (Wildman–Crippen LogP) is 0.884. The van der Waals surface area contributed by atoms with Crippen molar-refractivity contribution in [2.24, 2.45) is 11.8 Å². The molecule has 3 fully saturated rings. The molecule has 1 spiro atoms. The van der Waals surface area contributed by atoms with Crippen molar-refractivity contribution >= 4 is 11.9 Å². The number of esters is 1. The van der Waals surface area contributed by atoms with Gasteiger partial charge < -0.3 is 14.4 Å². The van der Waals surface area contributed by atoms with Crippen LogP contribution in [0.25, 0.3) is 0 Å². The second-order valence-electron chi connectivity index (χ2n) is 6.33. The third-order valence-corrected chi connectivity index (χ3v) is 5.37. The average molecular weight is 277 g/mol. The van der Waals surface area contributed by atoms with E-state index in [0.717, 1.165) is 12.8 Å². The zero-order valence-electron chi connectivity index (χ0n) is 11.6. The standard InChI is InChI=1S/C15H19NO4/c1-19-14(18)11-10-6-7-15(20-10)8-16(13(17)12(11)15)9-4-2-3-5-9/h6-7,9-12H,2-5,8H2,1H3/t10-,11-,12-,15+/m1/s1. The molecule has 0 radical (unpaired) electrons. The Morgan fingerprint density at radius 1 is 1.45 bits per heavy atom. The van der Waals surface area contributed by atoms with Gasteiger partial charge in [-0.25, -0.2) is 0 Å². The Bertz CT molecular complexity index is 496. The fraction of sp³-hybridized carbons (Fsp3) is 0.733. The summed E-state index contributed by atoms with van der Waals surface area (Å²) in [7, 11) is 1.37. The molecule has 2 saturated heterocycles. The number of methoxy groups -OCH3 is 1. The van der Waals surface area contributed by atoms with Crippen molar-refractivity contribution in [1.82, 2.24) is 4.90 Å². The van der Waals surface area contributed by atoms with Crippen LogP contribution in [0.4, 0.5) is 0 Å². The maximum absolute atomic E-state index is 12.8. The van der Waals surface area contributed by atoms with Crippen LogP contribution in [-0.2, 0) is 19.1 Å². The number of nitrogens with zero attached hydrogens (tertiary/aromatic N) is 1. The third kappa shape index (κ3) is 1.41. The van der Waals surface area contributed by atoms with E-state index in [1.807, 2.05) is 17.1 Å². The zero-order valence-corrected chi connectivity index (χ0v) is 11.6. The summed E-state index contributed by atoms with van der Waals surface area (Å²) in [5.41, 5.74) is -0.580. The van der Waals surface area contributed by atoms with Crippen LogP contribution in [0, 0.1) is 11.8 Å². The van der Waals surface area contributed by atoms with Gasteiger partial charge in [0.15, 0.2) is 0 Å². The van der Waals surface area contributed by atoms with Crippen LogP contribution >= 0.6 is 0 Å². The first kappa shape index (κ1) is 12.4. The lowest BCUT2D eigenvalue weighted by Crippen LogP contribution is -2.40. The first-order valence-corrected chi connectivity index (χ1v) is 7.42. The van der Waals surface area contributed by atoms with Crippen molar-refractivity contribution in [3.63, 3.8) is 0 Å². The molecule has 0 unspecified atom stereocenters. The molecule has 20 heavy (non-hydrogen) atoms. The number of carbonyl (C=O) groups excluding carboxylic acids is 2. The molecule has 5 heteroatoms. The van der Waals surface area contributed by atoms with Crippen molar-refractivity contribution in [3.8, 4) is 0 Å². The quantitative estimate of drug-likeness (QED) is 0.555. The Labute approximate surface area is 117 Å². The third-order valence-electron chi connectivity index (χ3n) is 5.37. The van der Waals surface area contributed by atoms with Crippen molar-refractivity contribution in [1.29, 1.82) is 0 Å². The minimum atomic E-state index is -0.580. The van der Waals surface area contributed by atoms with E-state index in [1.165, 1.54) is 20.0 Å². The molecule has 0 aromatic heterocycles. The van der Waals surface area contributed by atoms with Gasteiger partial charge in [0, 0.05) is 6.04 Å². The highest BCUT2D eigenvalue weighted by Gasteiger charge is 2.67. The number of hydrogen-bond donors (Lipinski definition) is 0. The van der Waals surface area contributed by atoms with Gasteiger partial charge in [-0.3, -0.25) is 9.59 Å². The molecule has 108 valence electrons. The van der Waals surface area contributed by atoms with E-state index >= 15 is 0 Å². The van der Waals surface area contributed by atoms with E-state index in [-0.39, 0.29) is 23.9 Å². The molecule has 3 aliphatic heterocycles. The molecule has 0 aromatic rings. The summed E-state index contributed by atoms with van der Waals surface area (Å²) in [6, 6.07) is 0.330. The van der Waals surface area contributed by atoms with Gasteiger partial charge in [0.25, 0.3) is 0 Å². The van der Waals surface area contributed by atoms with Crippen LogP contribution in [0.5, 0.6) is 0 Å². The van der Waals surface area contributed by atoms with Crippen LogP contribution < -0.4 is 0 Å². The van der Waals surface area contributed by atoms with Gasteiger partial charge in [0.1, 0.15) is 11.5 Å². The highest BCUT2D eigenvalue weighted by molar-refractivity contribution is 5.91. The number of amides is 1. The topological polar surface area (TPSA) is 55.8 Å². The molecule has 5 nitrogen and oxygen atoms in total. The lowest BCUT2D eigenvalue weighted by atomic mass is 9.77. The second-order valence-corrected chi connectivity index (χ2v) is 6.33. The molecule has 1 saturated carbocycles. The first-order chi connectivity index (χ1) is 9.66. The Morgan fingerprint density at radius 3 is 2.90 bits per heavy atom. The van der Waals surface area contributed by atoms with Gasteiger partial charge >= 0.3 is 5.97 Å². The van der Waals surface area contributed by atoms with Gasteiger partial charge in [-0.05, 0) is 12.8 Å². The smallest absolute Gasteiger partial charge is 0.312 e. The normalized spacial score (nSPS) is 42.5. The zero-order chi connectivity index (χ0) is 13.9. The van der Waals surface area contributed by atoms with Gasteiger partial charge in [-0.2, -0.15) is 0 Å². The van der Waals surface area contributed by atoms with Crippen molar-refractivity contribution in [3.05, 3.63) is 12.2 Å². The van der Waals surface area contributed by atoms with Gasteiger partial charge in [0.05, 0.1) is 25.7 Å². The van der Waals surface area contributed by atoms with Crippen LogP contribution in [0.2, 0.25) is 0 Å². The number of rotatable bonds is 2. The SMILES string of the molecule is COC(=O)[C@@H]1[C@H]2C=C[C@@]3(CN(C4CCCC4)C(=O)[C@@H]13)O2. The summed E-state index contributed by atoms with van der Waals surface area (Å²) in [6.45, 7) is 0.599. The molecule has 3 heterocycles. The molecule has 4 aliphatic rings. The number of carbonyl (C=O) groups is 2. The number of likely N-dealkylation sites (tertiary alicyclic amines) is 1. The highest BCUT2D eigenvalue weighted by Crippen LogP contribution is 2.53. The molecule has 4 rings (SSSR count). The monoisotopic (exact) mass is 277 g/mol. The largest absolute Gasteiger partial charge is 0.469 e. The van der Waals surface area contributed by atoms with Gasteiger partial charge in [-0.1, -0.05) is 25.0 Å². The van der Waals surface area contributed by atoms with Crippen molar-refractivity contribution < 1.29 is 19.1 Å². The maximum atomic E-state index is 12.8. The lowest BCUT2D eigenvalue weighted by Gasteiger charge is -2.26. The van der Waals surface area contributed by atoms with Crippen LogP contribution in [0.3, 0.4) is 0 Å². The van der Waals surface area contributed by atoms with Crippen LogP contribution in [0.15, 0.2) is 12.2 Å². The highest BCUT2D eigenvalue weighted by atomic mass is 16.5. The Morgan fingerprint density at radius 2 is 2.20 bits per heavy atom. The Hall–Kier alpha value is -1.36. The fourth-order valence-corrected chi connectivity index (χ4v) is 4.46. The minimum Gasteiger partial charge on any atom is -0.469 e. The second kappa shape index (κ2) is 4.07. The summed E-state index contributed by atoms with van der Waals surface area (Å²) in [5.74, 6) is -1.10. The number of hydrogen-bond acceptors (Lipinski definition) is 4. The number of fused-ring (bicyclic) bond motifs is 1. The summed E-state index contributed by atoms with van der Waals surface area (Å²) >= 11 is 0. The van der Waals surface area contributed by atoms with E-state index in [9.17, 15) is 9.59 Å². The van der Waals surface area contributed by atoms with Crippen molar-refractivity contribution in [2.45, 2.75) is 43.4 Å². The van der Waals surface area contributed by atoms with E-state index in [4.69, 9.17) is 9.47 Å². The van der Waals surface area contributed by atoms with Gasteiger partial charge in [0.2, 0.25) is 5.91 Å². The molecule has 1 aliphatic carbocycles. The summed E-state index contributed by atoms with van der Waals surface area (Å²) < 4.78 is 10.9. The molecule has 1 amide bonds. The maximum Gasteiger partial charge on any atom is 0.312 e. The molecule has 0 aromatic carbocycles. The summed E-state index contributed by atoms with van der Waals surface area (Å²) in [4.78, 5) is 26.8. The Balaban J connectivity index is 1.67. The van der Waals surface area contributed by atoms with Crippen LogP contribution in [-0.4, -0.2) is 48.2 Å². The molecule has 4 atom stereocenters. The Kier molecular flexibility index (Phi) is 2.52. The summed E-state index contributed by atoms with van der Waals surface area (Å²) in [5, 5.41) is 0. The minimum absolute atomic E-state index is 0.0825. The lowest BCUT2D eigenvalue weighted by molar-refractivity contribution is -0.151. The average Bonchev–Trinajstić information content (AvgIpc) is 3.18. The predicted molar refractivity (Wildman–Crippen MR) is 69.7 cm³/mol. The van der Waals surface area contributed by atoms with E-state index in [2.05, 4.69) is 0 Å².